The van der Waals surface area contributed by atoms with Crippen molar-refractivity contribution in [3.8, 4) is 5.69 Å². The van der Waals surface area contributed by atoms with Gasteiger partial charge in [0.1, 0.15) is 12.2 Å². The molecule has 0 spiro atoms. The molecule has 3 aromatic carbocycles. The average Bonchev–Trinajstić information content (AvgIpc) is 3.07. The van der Waals surface area contributed by atoms with Crippen LogP contribution in [-0.2, 0) is 21.9 Å². The SMILES string of the molecule is Cc1c(N(CC(=O)Nc2ccccc2Cl)S(=O)(=O)c2ccccc2)c(=O)n(-c2ccccc2)n1C. The summed E-state index contributed by atoms with van der Waals surface area (Å²) in [7, 11) is -2.61. The van der Waals surface area contributed by atoms with Crippen LogP contribution in [0.4, 0.5) is 11.4 Å². The minimum atomic E-state index is -4.27. The second kappa shape index (κ2) is 9.81. The molecule has 4 aromatic rings. The lowest BCUT2D eigenvalue weighted by Crippen LogP contribution is -2.41. The summed E-state index contributed by atoms with van der Waals surface area (Å²) in [5.41, 5.74) is 0.592. The number of benzene rings is 3. The Kier molecular flexibility index (Phi) is 6.81. The Labute approximate surface area is 208 Å². The maximum Gasteiger partial charge on any atom is 0.296 e. The van der Waals surface area contributed by atoms with Gasteiger partial charge in [0, 0.05) is 7.05 Å². The molecule has 4 rings (SSSR count). The van der Waals surface area contributed by atoms with Gasteiger partial charge in [-0.3, -0.25) is 14.3 Å². The van der Waals surface area contributed by atoms with Crippen molar-refractivity contribution in [3.63, 3.8) is 0 Å². The third-order valence-corrected chi connectivity index (χ3v) is 7.63. The van der Waals surface area contributed by atoms with Crippen molar-refractivity contribution >= 4 is 38.9 Å². The molecule has 0 bridgehead atoms. The number of sulfonamides is 1. The van der Waals surface area contributed by atoms with E-state index in [4.69, 9.17) is 11.6 Å². The summed E-state index contributed by atoms with van der Waals surface area (Å²) in [5.74, 6) is -0.647. The molecule has 0 atom stereocenters. The van der Waals surface area contributed by atoms with Crippen molar-refractivity contribution in [3.05, 3.63) is 106 Å². The Morgan fingerprint density at radius 3 is 2.14 bits per heavy atom. The van der Waals surface area contributed by atoms with Crippen LogP contribution in [0.2, 0.25) is 5.02 Å². The van der Waals surface area contributed by atoms with Gasteiger partial charge in [-0.25, -0.2) is 17.4 Å². The molecular formula is C25H23ClN4O4S. The van der Waals surface area contributed by atoms with E-state index >= 15 is 0 Å². The number of carbonyl (C=O) groups excluding carboxylic acids is 1. The average molecular weight is 511 g/mol. The number of anilines is 2. The van der Waals surface area contributed by atoms with Crippen molar-refractivity contribution in [2.24, 2.45) is 7.05 Å². The number of amides is 1. The first-order chi connectivity index (χ1) is 16.7. The van der Waals surface area contributed by atoms with E-state index in [2.05, 4.69) is 5.32 Å². The number of halogens is 1. The van der Waals surface area contributed by atoms with Crippen molar-refractivity contribution in [2.45, 2.75) is 11.8 Å². The summed E-state index contributed by atoms with van der Waals surface area (Å²) in [6, 6.07) is 23.1. The van der Waals surface area contributed by atoms with Gasteiger partial charge >= 0.3 is 0 Å². The quantitative estimate of drug-likeness (QED) is 0.407. The van der Waals surface area contributed by atoms with Crippen LogP contribution < -0.4 is 15.2 Å². The molecule has 1 N–H and O–H groups in total. The highest BCUT2D eigenvalue weighted by Crippen LogP contribution is 2.26. The zero-order valence-electron chi connectivity index (χ0n) is 19.1. The van der Waals surface area contributed by atoms with Gasteiger partial charge in [-0.05, 0) is 43.3 Å². The van der Waals surface area contributed by atoms with Crippen LogP contribution in [0.1, 0.15) is 5.69 Å². The smallest absolute Gasteiger partial charge is 0.296 e. The topological polar surface area (TPSA) is 93.4 Å². The molecular weight excluding hydrogens is 488 g/mol. The first-order valence-corrected chi connectivity index (χ1v) is 12.5. The van der Waals surface area contributed by atoms with Crippen LogP contribution in [0.5, 0.6) is 0 Å². The number of nitrogens with one attached hydrogen (secondary N) is 1. The first kappa shape index (κ1) is 24.3. The highest BCUT2D eigenvalue weighted by atomic mass is 35.5. The monoisotopic (exact) mass is 510 g/mol. The molecule has 180 valence electrons. The lowest BCUT2D eigenvalue weighted by molar-refractivity contribution is -0.114. The lowest BCUT2D eigenvalue weighted by atomic mass is 10.3. The van der Waals surface area contributed by atoms with Crippen LogP contribution in [0.3, 0.4) is 0 Å². The molecule has 0 aliphatic heterocycles. The van der Waals surface area contributed by atoms with E-state index in [-0.39, 0.29) is 10.6 Å². The zero-order valence-corrected chi connectivity index (χ0v) is 20.6. The van der Waals surface area contributed by atoms with Crippen LogP contribution in [0.25, 0.3) is 5.69 Å². The first-order valence-electron chi connectivity index (χ1n) is 10.7. The van der Waals surface area contributed by atoms with Crippen LogP contribution >= 0.6 is 11.6 Å². The Bertz CT molecular complexity index is 1530. The van der Waals surface area contributed by atoms with Crippen LogP contribution in [0.15, 0.2) is 94.6 Å². The van der Waals surface area contributed by atoms with Crippen LogP contribution in [0, 0.1) is 6.92 Å². The van der Waals surface area contributed by atoms with E-state index in [0.29, 0.717) is 22.1 Å². The van der Waals surface area contributed by atoms with Gasteiger partial charge in [-0.2, -0.15) is 0 Å². The van der Waals surface area contributed by atoms with Crippen molar-refractivity contribution in [1.82, 2.24) is 9.36 Å². The number of rotatable bonds is 7. The molecule has 0 unspecified atom stereocenters. The molecule has 8 nitrogen and oxygen atoms in total. The summed E-state index contributed by atoms with van der Waals surface area (Å²) in [6.45, 7) is 1.01. The fourth-order valence-electron chi connectivity index (χ4n) is 3.73. The maximum absolute atomic E-state index is 13.7. The summed E-state index contributed by atoms with van der Waals surface area (Å²) in [4.78, 5) is 26.6. The van der Waals surface area contributed by atoms with E-state index in [0.717, 1.165) is 4.31 Å². The molecule has 1 heterocycles. The molecule has 0 aliphatic rings. The minimum Gasteiger partial charge on any atom is -0.323 e. The molecule has 35 heavy (non-hydrogen) atoms. The van der Waals surface area contributed by atoms with E-state index < -0.39 is 28.0 Å². The number of nitrogens with zero attached hydrogens (tertiary/aromatic N) is 3. The second-order valence-electron chi connectivity index (χ2n) is 7.76. The molecule has 0 radical (unpaired) electrons. The van der Waals surface area contributed by atoms with E-state index in [1.165, 1.54) is 16.8 Å². The summed E-state index contributed by atoms with van der Waals surface area (Å²) in [6.07, 6.45) is 0. The van der Waals surface area contributed by atoms with Crippen molar-refractivity contribution in [2.75, 3.05) is 16.2 Å². The number of hydrogen-bond donors (Lipinski definition) is 1. The Morgan fingerprint density at radius 1 is 0.943 bits per heavy atom. The fraction of sp³-hybridized carbons (Fsp3) is 0.120. The predicted molar refractivity (Wildman–Crippen MR) is 137 cm³/mol. The molecule has 0 saturated heterocycles. The van der Waals surface area contributed by atoms with Crippen molar-refractivity contribution in [1.29, 1.82) is 0 Å². The third kappa shape index (κ3) is 4.73. The normalized spacial score (nSPS) is 11.3. The Morgan fingerprint density at radius 2 is 1.51 bits per heavy atom. The number of hydrogen-bond acceptors (Lipinski definition) is 4. The van der Waals surface area contributed by atoms with Gasteiger partial charge in [0.2, 0.25) is 5.91 Å². The van der Waals surface area contributed by atoms with Gasteiger partial charge in [0.15, 0.2) is 0 Å². The molecule has 1 aromatic heterocycles. The maximum atomic E-state index is 13.7. The highest BCUT2D eigenvalue weighted by molar-refractivity contribution is 7.92. The lowest BCUT2D eigenvalue weighted by Gasteiger charge is -2.23. The summed E-state index contributed by atoms with van der Waals surface area (Å²) < 4.78 is 31.2. The van der Waals surface area contributed by atoms with Crippen molar-refractivity contribution < 1.29 is 13.2 Å². The van der Waals surface area contributed by atoms with Gasteiger partial charge < -0.3 is 5.32 Å². The minimum absolute atomic E-state index is 0.0422. The van der Waals surface area contributed by atoms with Gasteiger partial charge in [0.25, 0.3) is 15.6 Å². The molecule has 10 heteroatoms. The van der Waals surface area contributed by atoms with E-state index in [1.807, 2.05) is 6.07 Å². The summed E-state index contributed by atoms with van der Waals surface area (Å²) in [5, 5.41) is 2.94. The van der Waals surface area contributed by atoms with Gasteiger partial charge in [0.05, 0.1) is 27.0 Å². The predicted octanol–water partition coefficient (Wildman–Crippen LogP) is 3.97. The largest absolute Gasteiger partial charge is 0.323 e. The Hall–Kier alpha value is -3.82. The molecule has 0 fully saturated rings. The standard InChI is InChI=1S/C25H23ClN4O4S/c1-18-24(25(32)30(28(18)2)19-11-5-3-6-12-19)29(35(33,34)20-13-7-4-8-14-20)17-23(31)27-22-16-10-9-15-21(22)26/h3-16H,17H2,1-2H3,(H,27,31). The van der Waals surface area contributed by atoms with Gasteiger partial charge in [-0.1, -0.05) is 60.1 Å². The molecule has 1 amide bonds. The molecule has 0 saturated carbocycles. The molecule has 0 aliphatic carbocycles. The second-order valence-corrected chi connectivity index (χ2v) is 10.0. The number of carbonyl (C=O) groups is 1. The number of aromatic nitrogens is 2. The highest BCUT2D eigenvalue weighted by Gasteiger charge is 2.33. The van der Waals surface area contributed by atoms with Crippen LogP contribution in [-0.4, -0.2) is 30.2 Å². The summed E-state index contributed by atoms with van der Waals surface area (Å²) >= 11 is 6.15. The zero-order chi connectivity index (χ0) is 25.2. The fourth-order valence-corrected chi connectivity index (χ4v) is 5.40. The van der Waals surface area contributed by atoms with Gasteiger partial charge in [-0.15, -0.1) is 0 Å². The number of para-hydroxylation sites is 2. The van der Waals surface area contributed by atoms with E-state index in [9.17, 15) is 18.0 Å². The van der Waals surface area contributed by atoms with E-state index in [1.54, 1.807) is 85.4 Å². The third-order valence-electron chi connectivity index (χ3n) is 5.54. The Balaban J connectivity index is 1.84.